The molecule has 2 nitrogen and oxygen atoms in total. The molecule has 0 aliphatic carbocycles. The minimum absolute atomic E-state index is 0.148. The van der Waals surface area contributed by atoms with E-state index in [0.717, 1.165) is 12.2 Å². The Hall–Kier alpha value is -1.03. The molecule has 118 valence electrons. The van der Waals surface area contributed by atoms with Gasteiger partial charge in [-0.15, -0.1) is 11.8 Å². The van der Waals surface area contributed by atoms with E-state index >= 15 is 0 Å². The fourth-order valence-corrected chi connectivity index (χ4v) is 3.15. The molecule has 0 bridgehead atoms. The molecule has 0 radical (unpaired) electrons. The van der Waals surface area contributed by atoms with Crippen LogP contribution in [-0.2, 0) is 0 Å². The highest BCUT2D eigenvalue weighted by atomic mass is 32.2. The molecule has 0 unspecified atom stereocenters. The number of carboxylic acids is 1. The third-order valence-corrected chi connectivity index (χ3v) is 4.55. The quantitative estimate of drug-likeness (QED) is 0.417. The third kappa shape index (κ3) is 7.51. The van der Waals surface area contributed by atoms with Crippen molar-refractivity contribution >= 4 is 17.7 Å². The molecule has 0 saturated heterocycles. The van der Waals surface area contributed by atoms with Crippen LogP contribution in [0.15, 0.2) is 23.1 Å². The standard InChI is InChI=1S/C17H25FO2S/c1-2-3-4-5-6-7-8-9-12-21-16-13-14(17(19)20)10-11-15(16)18/h10-11,13H,2-9,12H2,1H3,(H,19,20). The van der Waals surface area contributed by atoms with E-state index in [2.05, 4.69) is 6.92 Å². The first-order valence-corrected chi connectivity index (χ1v) is 8.79. The van der Waals surface area contributed by atoms with Crippen LogP contribution in [0.1, 0.15) is 68.6 Å². The third-order valence-electron chi connectivity index (χ3n) is 3.43. The van der Waals surface area contributed by atoms with Gasteiger partial charge in [-0.1, -0.05) is 51.9 Å². The van der Waals surface area contributed by atoms with Gasteiger partial charge >= 0.3 is 5.97 Å². The van der Waals surface area contributed by atoms with E-state index in [-0.39, 0.29) is 11.4 Å². The van der Waals surface area contributed by atoms with E-state index in [1.807, 2.05) is 0 Å². The van der Waals surface area contributed by atoms with Crippen LogP contribution in [0.5, 0.6) is 0 Å². The van der Waals surface area contributed by atoms with Gasteiger partial charge in [0.15, 0.2) is 0 Å². The number of aromatic carboxylic acids is 1. The average Bonchev–Trinajstić information content (AvgIpc) is 2.47. The highest BCUT2D eigenvalue weighted by molar-refractivity contribution is 7.99. The van der Waals surface area contributed by atoms with Crippen LogP contribution in [-0.4, -0.2) is 16.8 Å². The molecular weight excluding hydrogens is 287 g/mol. The number of carbonyl (C=O) groups is 1. The predicted octanol–water partition coefficient (Wildman–Crippen LogP) is 5.76. The number of thioether (sulfide) groups is 1. The van der Waals surface area contributed by atoms with Crippen molar-refractivity contribution < 1.29 is 14.3 Å². The molecule has 1 aromatic carbocycles. The van der Waals surface area contributed by atoms with E-state index in [9.17, 15) is 9.18 Å². The Morgan fingerprint density at radius 1 is 1.10 bits per heavy atom. The normalized spacial score (nSPS) is 10.8. The second-order valence-corrected chi connectivity index (χ2v) is 6.41. The second-order valence-electron chi connectivity index (χ2n) is 5.27. The smallest absolute Gasteiger partial charge is 0.335 e. The maximum Gasteiger partial charge on any atom is 0.335 e. The van der Waals surface area contributed by atoms with Crippen LogP contribution in [0, 0.1) is 5.82 Å². The summed E-state index contributed by atoms with van der Waals surface area (Å²) in [5, 5.41) is 8.90. The summed E-state index contributed by atoms with van der Waals surface area (Å²) in [6.07, 6.45) is 9.99. The summed E-state index contributed by atoms with van der Waals surface area (Å²) in [6.45, 7) is 2.22. The van der Waals surface area contributed by atoms with Crippen molar-refractivity contribution in [2.75, 3.05) is 5.75 Å². The van der Waals surface area contributed by atoms with E-state index in [4.69, 9.17) is 5.11 Å². The molecule has 0 heterocycles. The van der Waals surface area contributed by atoms with Gasteiger partial charge in [-0.05, 0) is 30.4 Å². The summed E-state index contributed by atoms with van der Waals surface area (Å²) in [4.78, 5) is 11.3. The summed E-state index contributed by atoms with van der Waals surface area (Å²) in [5.74, 6) is -0.497. The van der Waals surface area contributed by atoms with E-state index in [1.165, 1.54) is 74.9 Å². The first-order chi connectivity index (χ1) is 10.1. The van der Waals surface area contributed by atoms with Crippen LogP contribution < -0.4 is 0 Å². The Morgan fingerprint density at radius 3 is 2.33 bits per heavy atom. The Balaban J connectivity index is 2.18. The lowest BCUT2D eigenvalue weighted by atomic mass is 10.1. The molecule has 0 fully saturated rings. The Bertz CT molecular complexity index is 435. The molecule has 0 aliphatic rings. The summed E-state index contributed by atoms with van der Waals surface area (Å²) in [6, 6.07) is 3.96. The van der Waals surface area contributed by atoms with Crippen molar-refractivity contribution in [3.05, 3.63) is 29.6 Å². The lowest BCUT2D eigenvalue weighted by Gasteiger charge is -2.05. The fraction of sp³-hybridized carbons (Fsp3) is 0.588. The largest absolute Gasteiger partial charge is 0.478 e. The Morgan fingerprint density at radius 2 is 1.71 bits per heavy atom. The maximum atomic E-state index is 13.6. The molecule has 0 aromatic heterocycles. The van der Waals surface area contributed by atoms with Crippen LogP contribution in [0.3, 0.4) is 0 Å². The number of carboxylic acid groups (broad SMARTS) is 1. The van der Waals surface area contributed by atoms with E-state index < -0.39 is 5.97 Å². The minimum atomic E-state index is -1.01. The van der Waals surface area contributed by atoms with Crippen molar-refractivity contribution in [3.63, 3.8) is 0 Å². The van der Waals surface area contributed by atoms with Gasteiger partial charge in [0.1, 0.15) is 5.82 Å². The number of rotatable bonds is 11. The summed E-state index contributed by atoms with van der Waals surface area (Å²) in [7, 11) is 0. The van der Waals surface area contributed by atoms with Crippen molar-refractivity contribution in [3.8, 4) is 0 Å². The average molecular weight is 312 g/mol. The van der Waals surface area contributed by atoms with Gasteiger partial charge < -0.3 is 5.11 Å². The maximum absolute atomic E-state index is 13.6. The van der Waals surface area contributed by atoms with Gasteiger partial charge in [0.2, 0.25) is 0 Å². The molecule has 0 amide bonds. The monoisotopic (exact) mass is 312 g/mol. The number of halogens is 1. The molecule has 0 atom stereocenters. The summed E-state index contributed by atoms with van der Waals surface area (Å²) >= 11 is 1.41. The first kappa shape index (κ1) is 18.0. The van der Waals surface area contributed by atoms with Crippen LogP contribution in [0.25, 0.3) is 0 Å². The molecule has 1 N–H and O–H groups in total. The molecule has 1 rings (SSSR count). The highest BCUT2D eigenvalue weighted by Gasteiger charge is 2.08. The van der Waals surface area contributed by atoms with Crippen molar-refractivity contribution in [1.29, 1.82) is 0 Å². The van der Waals surface area contributed by atoms with Crippen molar-refractivity contribution in [2.24, 2.45) is 0 Å². The van der Waals surface area contributed by atoms with Gasteiger partial charge in [-0.3, -0.25) is 0 Å². The van der Waals surface area contributed by atoms with Crippen LogP contribution in [0.2, 0.25) is 0 Å². The zero-order chi connectivity index (χ0) is 15.5. The number of hydrogen-bond acceptors (Lipinski definition) is 2. The molecule has 4 heteroatoms. The zero-order valence-corrected chi connectivity index (χ0v) is 13.6. The zero-order valence-electron chi connectivity index (χ0n) is 12.7. The molecule has 0 saturated carbocycles. The van der Waals surface area contributed by atoms with Gasteiger partial charge in [-0.2, -0.15) is 0 Å². The first-order valence-electron chi connectivity index (χ1n) is 7.80. The second kappa shape index (κ2) is 10.7. The minimum Gasteiger partial charge on any atom is -0.478 e. The summed E-state index contributed by atoms with van der Waals surface area (Å²) < 4.78 is 13.6. The number of unbranched alkanes of at least 4 members (excludes halogenated alkanes) is 7. The van der Waals surface area contributed by atoms with Gasteiger partial charge in [-0.25, -0.2) is 9.18 Å². The van der Waals surface area contributed by atoms with Gasteiger partial charge in [0.05, 0.1) is 5.56 Å². The highest BCUT2D eigenvalue weighted by Crippen LogP contribution is 2.24. The number of hydrogen-bond donors (Lipinski definition) is 1. The summed E-state index contributed by atoms with van der Waals surface area (Å²) in [5.41, 5.74) is 0.148. The molecule has 1 aromatic rings. The molecule has 21 heavy (non-hydrogen) atoms. The lowest BCUT2D eigenvalue weighted by molar-refractivity contribution is 0.0696. The van der Waals surface area contributed by atoms with Crippen molar-refractivity contribution in [2.45, 2.75) is 63.2 Å². The van der Waals surface area contributed by atoms with E-state index in [1.54, 1.807) is 0 Å². The topological polar surface area (TPSA) is 37.3 Å². The predicted molar refractivity (Wildman–Crippen MR) is 86.7 cm³/mol. The Kier molecular flexibility index (Phi) is 9.15. The van der Waals surface area contributed by atoms with Gasteiger partial charge in [0, 0.05) is 4.90 Å². The lowest BCUT2D eigenvalue weighted by Crippen LogP contribution is -1.97. The van der Waals surface area contributed by atoms with Crippen molar-refractivity contribution in [1.82, 2.24) is 0 Å². The van der Waals surface area contributed by atoms with Crippen LogP contribution in [0.4, 0.5) is 4.39 Å². The number of benzene rings is 1. The molecular formula is C17H25FO2S. The fourth-order valence-electron chi connectivity index (χ4n) is 2.17. The SMILES string of the molecule is CCCCCCCCCCSc1cc(C(=O)O)ccc1F. The molecule has 0 aliphatic heterocycles. The molecule has 0 spiro atoms. The van der Waals surface area contributed by atoms with E-state index in [0.29, 0.717) is 4.90 Å². The Labute approximate surface area is 131 Å². The van der Waals surface area contributed by atoms with Gasteiger partial charge in [0.25, 0.3) is 0 Å². The van der Waals surface area contributed by atoms with Crippen LogP contribution >= 0.6 is 11.8 Å².